The fourth-order valence-corrected chi connectivity index (χ4v) is 8.63. The van der Waals surface area contributed by atoms with Crippen LogP contribution in [0.5, 0.6) is 0 Å². The first kappa shape index (κ1) is 21.2. The summed E-state index contributed by atoms with van der Waals surface area (Å²) in [6.07, 6.45) is 13.3. The molecule has 0 saturated heterocycles. The van der Waals surface area contributed by atoms with Crippen LogP contribution in [0.15, 0.2) is 12.4 Å². The summed E-state index contributed by atoms with van der Waals surface area (Å²) in [4.78, 5) is 12.3. The maximum Gasteiger partial charge on any atom is 0.133 e. The molecule has 4 saturated carbocycles. The minimum atomic E-state index is -0.867. The summed E-state index contributed by atoms with van der Waals surface area (Å²) in [6.45, 7) is 7.23. The van der Waals surface area contributed by atoms with Crippen LogP contribution >= 0.6 is 0 Å². The lowest BCUT2D eigenvalue weighted by Gasteiger charge is -2.61. The van der Waals surface area contributed by atoms with E-state index in [-0.39, 0.29) is 11.3 Å². The van der Waals surface area contributed by atoms with Gasteiger partial charge in [0.1, 0.15) is 17.9 Å². The van der Waals surface area contributed by atoms with Crippen molar-refractivity contribution in [1.29, 1.82) is 0 Å². The molecule has 0 unspecified atom stereocenters. The number of Topliss-reactive ketones (excluding diaryl/α,β-unsaturated/α-hetero) is 1. The van der Waals surface area contributed by atoms with Crippen molar-refractivity contribution in [3.8, 4) is 11.8 Å². The molecule has 0 spiro atoms. The smallest absolute Gasteiger partial charge is 0.133 e. The SMILES string of the molecule is CC(=O)[C@H]1CC[C@H]2[C@@H]3CC[C@@H]4C[C@@](O)(C#CCn5ccnn5)CC[C@]4(C)[C@H]3CC[C@]12C. The molecule has 0 aliphatic heterocycles. The first-order chi connectivity index (χ1) is 14.8. The first-order valence-electron chi connectivity index (χ1n) is 12.3. The molecule has 0 radical (unpaired) electrons. The molecule has 1 aromatic heterocycles. The van der Waals surface area contributed by atoms with Gasteiger partial charge in [-0.25, -0.2) is 4.68 Å². The van der Waals surface area contributed by atoms with Gasteiger partial charge in [-0.05, 0) is 99.2 Å². The van der Waals surface area contributed by atoms with E-state index in [9.17, 15) is 9.90 Å². The third kappa shape index (κ3) is 3.37. The highest BCUT2D eigenvalue weighted by Gasteiger charge is 2.61. The molecule has 0 bridgehead atoms. The van der Waals surface area contributed by atoms with Crippen molar-refractivity contribution in [2.75, 3.05) is 0 Å². The van der Waals surface area contributed by atoms with Gasteiger partial charge in [-0.15, -0.1) is 5.10 Å². The second-order valence-electron chi connectivity index (χ2n) is 11.6. The van der Waals surface area contributed by atoms with Crippen molar-refractivity contribution in [1.82, 2.24) is 15.0 Å². The lowest BCUT2D eigenvalue weighted by atomic mass is 9.44. The van der Waals surface area contributed by atoms with E-state index in [0.717, 1.165) is 37.5 Å². The summed E-state index contributed by atoms with van der Waals surface area (Å²) >= 11 is 0. The van der Waals surface area contributed by atoms with Crippen molar-refractivity contribution in [3.05, 3.63) is 12.4 Å². The van der Waals surface area contributed by atoms with Gasteiger partial charge >= 0.3 is 0 Å². The van der Waals surface area contributed by atoms with Crippen molar-refractivity contribution >= 4 is 5.78 Å². The molecular formula is C26H37N3O2. The Morgan fingerprint density at radius 2 is 1.90 bits per heavy atom. The standard InChI is InChI=1S/C26H37N3O2/c1-18(30)21-7-8-22-20-6-5-19-17-26(31,10-4-15-29-16-14-27-28-29)13-12-24(19,2)23(20)9-11-25(21,22)3/h14,16,19-23,31H,5-9,11-13,15,17H2,1-3H3/t19-,20+,21-,22+,23+,24+,25-,26-/m1/s1. The highest BCUT2D eigenvalue weighted by atomic mass is 16.3. The Bertz CT molecular complexity index is 901. The van der Waals surface area contributed by atoms with Crippen LogP contribution in [0.4, 0.5) is 0 Å². The van der Waals surface area contributed by atoms with Gasteiger partial charge in [0, 0.05) is 12.1 Å². The van der Waals surface area contributed by atoms with E-state index >= 15 is 0 Å². The van der Waals surface area contributed by atoms with Crippen LogP contribution in [0.3, 0.4) is 0 Å². The Morgan fingerprint density at radius 1 is 1.10 bits per heavy atom. The van der Waals surface area contributed by atoms with E-state index in [1.807, 2.05) is 6.92 Å². The summed E-state index contributed by atoms with van der Waals surface area (Å²) in [5, 5.41) is 19.0. The second-order valence-corrected chi connectivity index (χ2v) is 11.6. The second kappa shape index (κ2) is 7.44. The van der Waals surface area contributed by atoms with Crippen LogP contribution in [0.1, 0.15) is 78.6 Å². The number of carbonyl (C=O) groups excluding carboxylic acids is 1. The van der Waals surface area contributed by atoms with Gasteiger partial charge in [-0.2, -0.15) is 0 Å². The average Bonchev–Trinajstić information content (AvgIpc) is 3.36. The number of aromatic nitrogens is 3. The molecule has 5 heteroatoms. The number of ketones is 1. The van der Waals surface area contributed by atoms with E-state index in [1.165, 1.54) is 32.1 Å². The fraction of sp³-hybridized carbons (Fsp3) is 0.808. The molecule has 5 rings (SSSR count). The average molecular weight is 424 g/mol. The van der Waals surface area contributed by atoms with Crippen LogP contribution < -0.4 is 0 Å². The maximum absolute atomic E-state index is 12.3. The Morgan fingerprint density at radius 3 is 2.65 bits per heavy atom. The van der Waals surface area contributed by atoms with Crippen molar-refractivity contribution in [2.45, 2.75) is 90.7 Å². The van der Waals surface area contributed by atoms with Gasteiger partial charge in [0.25, 0.3) is 0 Å². The van der Waals surface area contributed by atoms with E-state index in [4.69, 9.17) is 0 Å². The monoisotopic (exact) mass is 423 g/mol. The van der Waals surface area contributed by atoms with Gasteiger partial charge in [-0.1, -0.05) is 30.9 Å². The number of hydrogen-bond acceptors (Lipinski definition) is 4. The molecule has 1 heterocycles. The molecule has 5 nitrogen and oxygen atoms in total. The Labute approximate surface area is 186 Å². The van der Waals surface area contributed by atoms with Crippen molar-refractivity contribution < 1.29 is 9.90 Å². The predicted octanol–water partition coefficient (Wildman–Crippen LogP) is 4.26. The van der Waals surface area contributed by atoms with Crippen molar-refractivity contribution in [2.24, 2.45) is 40.4 Å². The molecule has 4 fully saturated rings. The molecule has 4 aliphatic rings. The fourth-order valence-electron chi connectivity index (χ4n) is 8.63. The van der Waals surface area contributed by atoms with Crippen LogP contribution in [0.2, 0.25) is 0 Å². The Hall–Kier alpha value is -1.67. The normalized spacial score (nSPS) is 46.3. The minimum absolute atomic E-state index is 0.221. The molecule has 0 aromatic carbocycles. The molecule has 31 heavy (non-hydrogen) atoms. The van der Waals surface area contributed by atoms with Crippen LogP contribution in [-0.4, -0.2) is 31.5 Å². The van der Waals surface area contributed by atoms with Gasteiger partial charge in [-0.3, -0.25) is 4.79 Å². The third-order valence-corrected chi connectivity index (χ3v) is 10.3. The van der Waals surface area contributed by atoms with Crippen molar-refractivity contribution in [3.63, 3.8) is 0 Å². The van der Waals surface area contributed by atoms with Gasteiger partial charge in [0.15, 0.2) is 0 Å². The van der Waals surface area contributed by atoms with Crippen LogP contribution in [-0.2, 0) is 11.3 Å². The summed E-state index contributed by atoms with van der Waals surface area (Å²) in [5.41, 5.74) is -0.343. The quantitative estimate of drug-likeness (QED) is 0.722. The molecule has 4 aliphatic carbocycles. The summed E-state index contributed by atoms with van der Waals surface area (Å²) < 4.78 is 1.70. The van der Waals surface area contributed by atoms with Gasteiger partial charge in [0.2, 0.25) is 0 Å². The number of carbonyl (C=O) groups is 1. The van der Waals surface area contributed by atoms with E-state index in [0.29, 0.717) is 29.6 Å². The summed E-state index contributed by atoms with van der Waals surface area (Å²) in [5.74, 6) is 9.78. The lowest BCUT2D eigenvalue weighted by Crippen LogP contribution is -2.56. The van der Waals surface area contributed by atoms with E-state index in [2.05, 4.69) is 36.0 Å². The molecule has 8 atom stereocenters. The number of rotatable bonds is 2. The molecular weight excluding hydrogens is 386 g/mol. The topological polar surface area (TPSA) is 68.0 Å². The van der Waals surface area contributed by atoms with Crippen LogP contribution in [0, 0.1) is 52.3 Å². The predicted molar refractivity (Wildman–Crippen MR) is 119 cm³/mol. The zero-order valence-electron chi connectivity index (χ0n) is 19.3. The first-order valence-corrected chi connectivity index (χ1v) is 12.3. The molecule has 168 valence electrons. The van der Waals surface area contributed by atoms with Gasteiger partial charge < -0.3 is 5.11 Å². The Balaban J connectivity index is 1.31. The summed E-state index contributed by atoms with van der Waals surface area (Å²) in [6, 6.07) is 0. The molecule has 1 aromatic rings. The van der Waals surface area contributed by atoms with E-state index in [1.54, 1.807) is 17.1 Å². The molecule has 1 N–H and O–H groups in total. The minimum Gasteiger partial charge on any atom is -0.378 e. The zero-order valence-corrected chi connectivity index (χ0v) is 19.3. The van der Waals surface area contributed by atoms with E-state index < -0.39 is 5.60 Å². The lowest BCUT2D eigenvalue weighted by molar-refractivity contribution is -0.144. The highest BCUT2D eigenvalue weighted by Crippen LogP contribution is 2.68. The largest absolute Gasteiger partial charge is 0.378 e. The highest BCUT2D eigenvalue weighted by molar-refractivity contribution is 5.79. The number of nitrogens with zero attached hydrogens (tertiary/aromatic N) is 3. The molecule has 0 amide bonds. The number of aliphatic hydroxyl groups is 1. The van der Waals surface area contributed by atoms with Crippen LogP contribution in [0.25, 0.3) is 0 Å². The maximum atomic E-state index is 12.3. The Kier molecular flexibility index (Phi) is 5.09. The summed E-state index contributed by atoms with van der Waals surface area (Å²) in [7, 11) is 0. The van der Waals surface area contributed by atoms with Gasteiger partial charge in [0.05, 0.1) is 6.20 Å². The zero-order chi connectivity index (χ0) is 21.9. The number of fused-ring (bicyclic) bond motifs is 5. The number of hydrogen-bond donors (Lipinski definition) is 1. The third-order valence-electron chi connectivity index (χ3n) is 10.3.